The number of hydrogen-bond donors (Lipinski definition) is 3. The maximum Gasteiger partial charge on any atom is 0.318 e. The molecule has 0 saturated carbocycles. The minimum absolute atomic E-state index is 0.233. The van der Waals surface area contributed by atoms with Gasteiger partial charge < -0.3 is 16.0 Å². The molecule has 2 aromatic rings. The fourth-order valence-corrected chi connectivity index (χ4v) is 3.26. The molecule has 2 rings (SSSR count). The second-order valence-corrected chi connectivity index (χ2v) is 6.56. The number of hydrogen-bond acceptors (Lipinski definition) is 3. The van der Waals surface area contributed by atoms with Crippen molar-refractivity contribution in [3.63, 3.8) is 0 Å². The molecule has 1 heterocycles. The van der Waals surface area contributed by atoms with Crippen molar-refractivity contribution >= 4 is 56.3 Å². The van der Waals surface area contributed by atoms with Crippen molar-refractivity contribution in [3.05, 3.63) is 44.0 Å². The van der Waals surface area contributed by atoms with Gasteiger partial charge in [-0.15, -0.1) is 11.3 Å². The fourth-order valence-electron chi connectivity index (χ4n) is 1.53. The first kappa shape index (κ1) is 15.2. The Morgan fingerprint density at radius 1 is 1.30 bits per heavy atom. The lowest BCUT2D eigenvalue weighted by atomic mass is 10.3. The van der Waals surface area contributed by atoms with E-state index < -0.39 is 0 Å². The zero-order valence-corrected chi connectivity index (χ0v) is 13.8. The third kappa shape index (κ3) is 4.13. The Morgan fingerprint density at radius 3 is 2.50 bits per heavy atom. The molecule has 0 fully saturated rings. The highest BCUT2D eigenvalue weighted by atomic mass is 79.9. The summed E-state index contributed by atoms with van der Waals surface area (Å²) in [5.41, 5.74) is 1.73. The van der Waals surface area contributed by atoms with E-state index in [-0.39, 0.29) is 6.03 Å². The molecule has 0 aliphatic rings. The van der Waals surface area contributed by atoms with Crippen molar-refractivity contribution in [2.75, 3.05) is 17.7 Å². The van der Waals surface area contributed by atoms with Gasteiger partial charge in [0, 0.05) is 34.3 Å². The average Bonchev–Trinajstić information content (AvgIpc) is 2.77. The van der Waals surface area contributed by atoms with Crippen LogP contribution in [0, 0.1) is 0 Å². The van der Waals surface area contributed by atoms with E-state index >= 15 is 0 Å². The van der Waals surface area contributed by atoms with Gasteiger partial charge in [0.2, 0.25) is 0 Å². The number of carbonyl (C=O) groups excluding carboxylic acids is 1. The minimum atomic E-state index is -0.233. The molecular weight excluding hydrogens is 362 g/mol. The van der Waals surface area contributed by atoms with Crippen LogP contribution in [0.3, 0.4) is 0 Å². The van der Waals surface area contributed by atoms with Crippen LogP contribution in [0.4, 0.5) is 16.2 Å². The van der Waals surface area contributed by atoms with Gasteiger partial charge in [-0.25, -0.2) is 4.79 Å². The monoisotopic (exact) mass is 373 g/mol. The Balaban J connectivity index is 1.92. The Kier molecular flexibility index (Phi) is 5.28. The number of carbonyl (C=O) groups is 1. The van der Waals surface area contributed by atoms with Gasteiger partial charge in [-0.2, -0.15) is 0 Å². The summed E-state index contributed by atoms with van der Waals surface area (Å²) >= 11 is 10.9. The molecule has 0 saturated heterocycles. The maximum atomic E-state index is 11.2. The van der Waals surface area contributed by atoms with Crippen molar-refractivity contribution < 1.29 is 4.79 Å². The third-order valence-electron chi connectivity index (χ3n) is 2.53. The SMILES string of the molecule is CNC(=O)Nc1ccc(NCc2cc(Br)c(Cl)s2)cc1. The molecule has 0 aliphatic heterocycles. The van der Waals surface area contributed by atoms with E-state index in [9.17, 15) is 4.79 Å². The Morgan fingerprint density at radius 2 is 1.95 bits per heavy atom. The van der Waals surface area contributed by atoms with Crippen LogP contribution in [-0.2, 0) is 6.54 Å². The van der Waals surface area contributed by atoms with Crippen LogP contribution in [0.5, 0.6) is 0 Å². The summed E-state index contributed by atoms with van der Waals surface area (Å²) in [6.07, 6.45) is 0. The van der Waals surface area contributed by atoms with Crippen molar-refractivity contribution in [1.29, 1.82) is 0 Å². The van der Waals surface area contributed by atoms with Crippen LogP contribution >= 0.6 is 38.9 Å². The smallest absolute Gasteiger partial charge is 0.318 e. The van der Waals surface area contributed by atoms with Crippen LogP contribution in [0.1, 0.15) is 4.88 Å². The number of rotatable bonds is 4. The largest absolute Gasteiger partial charge is 0.380 e. The van der Waals surface area contributed by atoms with Gasteiger partial charge in [0.05, 0.1) is 0 Å². The number of halogens is 2. The molecule has 3 N–H and O–H groups in total. The summed E-state index contributed by atoms with van der Waals surface area (Å²) in [5.74, 6) is 0. The second-order valence-electron chi connectivity index (χ2n) is 3.97. The van der Waals surface area contributed by atoms with Crippen molar-refractivity contribution in [1.82, 2.24) is 5.32 Å². The number of benzene rings is 1. The van der Waals surface area contributed by atoms with Gasteiger partial charge in [-0.05, 0) is 46.3 Å². The first-order chi connectivity index (χ1) is 9.58. The maximum absolute atomic E-state index is 11.2. The lowest BCUT2D eigenvalue weighted by Gasteiger charge is -2.07. The van der Waals surface area contributed by atoms with Crippen LogP contribution in [-0.4, -0.2) is 13.1 Å². The van der Waals surface area contributed by atoms with Gasteiger partial charge in [0.1, 0.15) is 4.34 Å². The molecule has 1 aromatic carbocycles. The molecular formula is C13H13BrClN3OS. The normalized spacial score (nSPS) is 10.2. The number of urea groups is 1. The number of thiophene rings is 1. The van der Waals surface area contributed by atoms with Gasteiger partial charge in [-0.3, -0.25) is 0 Å². The highest BCUT2D eigenvalue weighted by Crippen LogP contribution is 2.32. The topological polar surface area (TPSA) is 53.2 Å². The molecule has 0 atom stereocenters. The van der Waals surface area contributed by atoms with E-state index in [1.165, 1.54) is 11.3 Å². The second kappa shape index (κ2) is 6.97. The summed E-state index contributed by atoms with van der Waals surface area (Å²) in [5, 5.41) is 8.50. The lowest BCUT2D eigenvalue weighted by molar-refractivity contribution is 0.254. The molecule has 0 bridgehead atoms. The summed E-state index contributed by atoms with van der Waals surface area (Å²) in [4.78, 5) is 12.3. The molecule has 7 heteroatoms. The summed E-state index contributed by atoms with van der Waals surface area (Å²) < 4.78 is 1.68. The third-order valence-corrected chi connectivity index (χ3v) is 5.01. The first-order valence-electron chi connectivity index (χ1n) is 5.85. The highest BCUT2D eigenvalue weighted by molar-refractivity contribution is 9.10. The molecule has 0 unspecified atom stereocenters. The lowest BCUT2D eigenvalue weighted by Crippen LogP contribution is -2.24. The number of anilines is 2. The zero-order chi connectivity index (χ0) is 14.5. The standard InChI is InChI=1S/C13H13BrClN3OS/c1-16-13(19)18-9-4-2-8(3-5-9)17-7-10-6-11(14)12(15)20-10/h2-6,17H,7H2,1H3,(H2,16,18,19). The van der Waals surface area contributed by atoms with Gasteiger partial charge in [0.25, 0.3) is 0 Å². The molecule has 0 radical (unpaired) electrons. The van der Waals surface area contributed by atoms with Crippen molar-refractivity contribution in [3.8, 4) is 0 Å². The van der Waals surface area contributed by atoms with E-state index in [0.717, 1.165) is 25.1 Å². The molecule has 20 heavy (non-hydrogen) atoms. The molecule has 1 aromatic heterocycles. The van der Waals surface area contributed by atoms with Crippen LogP contribution < -0.4 is 16.0 Å². The molecule has 106 valence electrons. The highest BCUT2D eigenvalue weighted by Gasteiger charge is 2.04. The number of nitrogens with one attached hydrogen (secondary N) is 3. The summed E-state index contributed by atoms with van der Waals surface area (Å²) in [7, 11) is 1.58. The molecule has 0 spiro atoms. The van der Waals surface area contributed by atoms with Crippen LogP contribution in [0.15, 0.2) is 34.8 Å². The Labute approximate surface area is 134 Å². The quantitative estimate of drug-likeness (QED) is 0.736. The predicted octanol–water partition coefficient (Wildman–Crippen LogP) is 4.53. The minimum Gasteiger partial charge on any atom is -0.380 e. The van der Waals surface area contributed by atoms with Crippen molar-refractivity contribution in [2.45, 2.75) is 6.54 Å². The van der Waals surface area contributed by atoms with Gasteiger partial charge in [0.15, 0.2) is 0 Å². The van der Waals surface area contributed by atoms with Gasteiger partial charge >= 0.3 is 6.03 Å². The zero-order valence-electron chi connectivity index (χ0n) is 10.7. The Bertz CT molecular complexity index is 581. The van der Waals surface area contributed by atoms with Crippen LogP contribution in [0.25, 0.3) is 0 Å². The van der Waals surface area contributed by atoms with Gasteiger partial charge in [-0.1, -0.05) is 11.6 Å². The van der Waals surface area contributed by atoms with E-state index in [1.807, 2.05) is 30.3 Å². The van der Waals surface area contributed by atoms with E-state index in [2.05, 4.69) is 31.9 Å². The summed E-state index contributed by atoms with van der Waals surface area (Å²) in [6, 6.07) is 9.28. The first-order valence-corrected chi connectivity index (χ1v) is 7.83. The van der Waals surface area contributed by atoms with E-state index in [4.69, 9.17) is 11.6 Å². The predicted molar refractivity (Wildman–Crippen MR) is 88.9 cm³/mol. The fraction of sp³-hybridized carbons (Fsp3) is 0.154. The molecule has 0 aliphatic carbocycles. The summed E-state index contributed by atoms with van der Waals surface area (Å²) in [6.45, 7) is 0.707. The average molecular weight is 375 g/mol. The van der Waals surface area contributed by atoms with Crippen molar-refractivity contribution in [2.24, 2.45) is 0 Å². The Hall–Kier alpha value is -1.24. The molecule has 2 amide bonds. The van der Waals surface area contributed by atoms with E-state index in [1.54, 1.807) is 7.05 Å². The number of amides is 2. The molecule has 4 nitrogen and oxygen atoms in total. The van der Waals surface area contributed by atoms with E-state index in [0.29, 0.717) is 6.54 Å². The van der Waals surface area contributed by atoms with Crippen LogP contribution in [0.2, 0.25) is 4.34 Å².